The second-order valence-electron chi connectivity index (χ2n) is 4.38. The van der Waals surface area contributed by atoms with Crippen molar-refractivity contribution < 1.29 is 9.59 Å². The lowest BCUT2D eigenvalue weighted by Crippen LogP contribution is -2.58. The van der Waals surface area contributed by atoms with E-state index < -0.39 is 11.9 Å². The second-order valence-corrected chi connectivity index (χ2v) is 4.38. The molecule has 0 aliphatic carbocycles. The molecule has 1 aromatic rings. The van der Waals surface area contributed by atoms with E-state index in [-0.39, 0.29) is 12.5 Å². The molecule has 96 valence electrons. The lowest BCUT2D eigenvalue weighted by molar-refractivity contribution is -0.145. The maximum Gasteiger partial charge on any atom is 0.240 e. The first kappa shape index (κ1) is 12.6. The predicted molar refractivity (Wildman–Crippen MR) is 67.5 cm³/mol. The smallest absolute Gasteiger partial charge is 0.240 e. The Morgan fingerprint density at radius 2 is 2.06 bits per heavy atom. The van der Waals surface area contributed by atoms with Crippen molar-refractivity contribution >= 4 is 11.8 Å². The summed E-state index contributed by atoms with van der Waals surface area (Å²) in [4.78, 5) is 24.3. The fourth-order valence-electron chi connectivity index (χ4n) is 1.99. The van der Waals surface area contributed by atoms with Gasteiger partial charge in [0, 0.05) is 13.1 Å². The lowest BCUT2D eigenvalue weighted by Gasteiger charge is -2.38. The highest BCUT2D eigenvalue weighted by atomic mass is 16.2. The average Bonchev–Trinajstić information content (AvgIpc) is 2.28. The Kier molecular flexibility index (Phi) is 3.94. The number of carbonyl (C=O) groups excluding carboxylic acids is 2. The van der Waals surface area contributed by atoms with Gasteiger partial charge in [0.2, 0.25) is 11.8 Å². The van der Waals surface area contributed by atoms with Crippen molar-refractivity contribution in [3.8, 4) is 0 Å². The molecule has 0 spiro atoms. The minimum atomic E-state index is -0.419. The van der Waals surface area contributed by atoms with Crippen LogP contribution in [-0.2, 0) is 16.1 Å². The summed E-state index contributed by atoms with van der Waals surface area (Å²) in [5.74, 6) is -0.487. The molecule has 1 aliphatic heterocycles. The molecule has 0 aromatic heterocycles. The van der Waals surface area contributed by atoms with Crippen LogP contribution >= 0.6 is 0 Å². The number of likely N-dealkylation sites (tertiary alicyclic amines) is 1. The number of nitrogens with two attached hydrogens (primary N) is 1. The second kappa shape index (κ2) is 5.64. The number of amides is 2. The van der Waals surface area contributed by atoms with Crippen molar-refractivity contribution in [3.63, 3.8) is 0 Å². The van der Waals surface area contributed by atoms with Crippen molar-refractivity contribution in [1.29, 1.82) is 0 Å². The number of primary amides is 1. The minimum absolute atomic E-state index is 0.0685. The zero-order valence-electron chi connectivity index (χ0n) is 10.1. The van der Waals surface area contributed by atoms with Crippen LogP contribution < -0.4 is 11.1 Å². The molecule has 1 heterocycles. The quantitative estimate of drug-likeness (QED) is 0.760. The molecule has 0 bridgehead atoms. The predicted octanol–water partition coefficient (Wildman–Crippen LogP) is -0.138. The van der Waals surface area contributed by atoms with Crippen molar-refractivity contribution in [1.82, 2.24) is 10.2 Å². The molecule has 0 saturated carbocycles. The van der Waals surface area contributed by atoms with Gasteiger partial charge in [0.25, 0.3) is 0 Å². The molecular weight excluding hydrogens is 230 g/mol. The number of rotatable bonds is 5. The molecule has 3 N–H and O–H groups in total. The van der Waals surface area contributed by atoms with E-state index in [0.717, 1.165) is 5.56 Å². The molecule has 2 rings (SSSR count). The first-order chi connectivity index (χ1) is 8.68. The van der Waals surface area contributed by atoms with Crippen LogP contribution in [0, 0.1) is 0 Å². The normalized spacial score (nSPS) is 18.2. The van der Waals surface area contributed by atoms with E-state index in [2.05, 4.69) is 5.32 Å². The number of nitrogens with one attached hydrogen (secondary N) is 1. The van der Waals surface area contributed by atoms with E-state index in [1.165, 1.54) is 4.90 Å². The Bertz CT molecular complexity index is 433. The number of hydrogen-bond donors (Lipinski definition) is 2. The van der Waals surface area contributed by atoms with Crippen LogP contribution in [0.2, 0.25) is 0 Å². The van der Waals surface area contributed by atoms with Gasteiger partial charge >= 0.3 is 0 Å². The molecule has 5 nitrogen and oxygen atoms in total. The maximum atomic E-state index is 11.8. The first-order valence-electron chi connectivity index (χ1n) is 6.02. The molecule has 1 atom stereocenters. The maximum absolute atomic E-state index is 11.8. The summed E-state index contributed by atoms with van der Waals surface area (Å²) in [6, 6.07) is 9.44. The third-order valence-electron chi connectivity index (χ3n) is 3.12. The Morgan fingerprint density at radius 1 is 1.33 bits per heavy atom. The summed E-state index contributed by atoms with van der Waals surface area (Å²) in [7, 11) is 0. The van der Waals surface area contributed by atoms with Crippen LogP contribution in [0.4, 0.5) is 0 Å². The molecular formula is C13H17N3O2. The van der Waals surface area contributed by atoms with Crippen molar-refractivity contribution in [2.24, 2.45) is 5.73 Å². The fraction of sp³-hybridized carbons (Fsp3) is 0.385. The number of benzene rings is 1. The Labute approximate surface area is 106 Å². The number of carbonyl (C=O) groups is 2. The van der Waals surface area contributed by atoms with Gasteiger partial charge in [0.1, 0.15) is 6.04 Å². The molecule has 2 amide bonds. The highest BCUT2D eigenvalue weighted by molar-refractivity contribution is 5.89. The van der Waals surface area contributed by atoms with E-state index in [1.807, 2.05) is 30.3 Å². The Morgan fingerprint density at radius 3 is 2.61 bits per heavy atom. The highest BCUT2D eigenvalue weighted by Crippen LogP contribution is 2.16. The van der Waals surface area contributed by atoms with Crippen molar-refractivity contribution in [3.05, 3.63) is 35.9 Å². The summed E-state index contributed by atoms with van der Waals surface area (Å²) < 4.78 is 0. The zero-order valence-corrected chi connectivity index (χ0v) is 10.1. The summed E-state index contributed by atoms with van der Waals surface area (Å²) in [5, 5.41) is 3.07. The zero-order chi connectivity index (χ0) is 13.0. The summed E-state index contributed by atoms with van der Waals surface area (Å²) in [6.45, 7) is 1.50. The van der Waals surface area contributed by atoms with E-state index >= 15 is 0 Å². The van der Waals surface area contributed by atoms with Gasteiger partial charge in [-0.15, -0.1) is 0 Å². The van der Waals surface area contributed by atoms with Gasteiger partial charge in [-0.2, -0.15) is 0 Å². The van der Waals surface area contributed by atoms with Crippen LogP contribution in [0.5, 0.6) is 0 Å². The van der Waals surface area contributed by atoms with Gasteiger partial charge in [-0.05, 0) is 12.0 Å². The SMILES string of the molecule is NC(=O)C1CCN1C(=O)CNCc1ccccc1. The van der Waals surface area contributed by atoms with Gasteiger partial charge in [-0.25, -0.2) is 0 Å². The third-order valence-corrected chi connectivity index (χ3v) is 3.12. The molecule has 1 aromatic carbocycles. The molecule has 18 heavy (non-hydrogen) atoms. The first-order valence-corrected chi connectivity index (χ1v) is 6.02. The van der Waals surface area contributed by atoms with Gasteiger partial charge in [-0.3, -0.25) is 9.59 Å². The van der Waals surface area contributed by atoms with Gasteiger partial charge in [-0.1, -0.05) is 30.3 Å². The molecule has 1 aliphatic rings. The van der Waals surface area contributed by atoms with Crippen LogP contribution in [0.3, 0.4) is 0 Å². The van der Waals surface area contributed by atoms with Crippen LogP contribution in [-0.4, -0.2) is 35.8 Å². The molecule has 1 unspecified atom stereocenters. The minimum Gasteiger partial charge on any atom is -0.368 e. The van der Waals surface area contributed by atoms with Gasteiger partial charge < -0.3 is 16.0 Å². The summed E-state index contributed by atoms with van der Waals surface area (Å²) in [5.41, 5.74) is 6.32. The van der Waals surface area contributed by atoms with E-state index in [9.17, 15) is 9.59 Å². The van der Waals surface area contributed by atoms with Crippen LogP contribution in [0.1, 0.15) is 12.0 Å². The topological polar surface area (TPSA) is 75.4 Å². The third kappa shape index (κ3) is 2.87. The molecule has 5 heteroatoms. The standard InChI is InChI=1S/C13H17N3O2/c14-13(18)11-6-7-16(11)12(17)9-15-8-10-4-2-1-3-5-10/h1-5,11,15H,6-9H2,(H2,14,18). The summed E-state index contributed by atoms with van der Waals surface area (Å²) >= 11 is 0. The van der Waals surface area contributed by atoms with Crippen LogP contribution in [0.25, 0.3) is 0 Å². The number of hydrogen-bond acceptors (Lipinski definition) is 3. The van der Waals surface area contributed by atoms with Crippen molar-refractivity contribution in [2.45, 2.75) is 19.0 Å². The lowest BCUT2D eigenvalue weighted by atomic mass is 10.0. The number of nitrogens with zero attached hydrogens (tertiary/aromatic N) is 1. The molecule has 0 radical (unpaired) electrons. The summed E-state index contributed by atoms with van der Waals surface area (Å²) in [6.07, 6.45) is 0.680. The van der Waals surface area contributed by atoms with Gasteiger partial charge in [0.05, 0.1) is 6.54 Å². The molecule has 1 fully saturated rings. The largest absolute Gasteiger partial charge is 0.368 e. The Hall–Kier alpha value is -1.88. The highest BCUT2D eigenvalue weighted by Gasteiger charge is 2.35. The van der Waals surface area contributed by atoms with Crippen LogP contribution in [0.15, 0.2) is 30.3 Å². The average molecular weight is 247 g/mol. The monoisotopic (exact) mass is 247 g/mol. The molecule has 1 saturated heterocycles. The van der Waals surface area contributed by atoms with E-state index in [1.54, 1.807) is 0 Å². The van der Waals surface area contributed by atoms with E-state index in [0.29, 0.717) is 19.5 Å². The van der Waals surface area contributed by atoms with Crippen molar-refractivity contribution in [2.75, 3.05) is 13.1 Å². The Balaban J connectivity index is 1.74. The van der Waals surface area contributed by atoms with Gasteiger partial charge in [0.15, 0.2) is 0 Å². The fourth-order valence-corrected chi connectivity index (χ4v) is 1.99. The van der Waals surface area contributed by atoms with E-state index in [4.69, 9.17) is 5.73 Å².